The van der Waals surface area contributed by atoms with Gasteiger partial charge in [0.05, 0.1) is 12.1 Å². The maximum absolute atomic E-state index is 13.7. The van der Waals surface area contributed by atoms with Crippen LogP contribution in [0.2, 0.25) is 0 Å². The summed E-state index contributed by atoms with van der Waals surface area (Å²) in [5, 5.41) is 5.19. The highest BCUT2D eigenvalue weighted by Gasteiger charge is 2.37. The minimum atomic E-state index is -0.220. The predicted octanol–water partition coefficient (Wildman–Crippen LogP) is 4.44. The second-order valence-corrected chi connectivity index (χ2v) is 10.5. The molecule has 3 heterocycles. The van der Waals surface area contributed by atoms with Crippen LogP contribution in [0.15, 0.2) is 35.7 Å². The van der Waals surface area contributed by atoms with Gasteiger partial charge in [0.25, 0.3) is 0 Å². The van der Waals surface area contributed by atoms with Crippen LogP contribution in [-0.2, 0) is 11.2 Å². The lowest BCUT2D eigenvalue weighted by Gasteiger charge is -2.41. The molecule has 0 spiro atoms. The highest BCUT2D eigenvalue weighted by atomic mass is 32.1. The van der Waals surface area contributed by atoms with E-state index in [1.165, 1.54) is 21.6 Å². The van der Waals surface area contributed by atoms with Crippen molar-refractivity contribution in [2.24, 2.45) is 0 Å². The maximum Gasteiger partial charge on any atom is 0.317 e. The number of hydrogen-bond acceptors (Lipinski definition) is 4. The summed E-state index contributed by atoms with van der Waals surface area (Å²) in [7, 11) is 0. The van der Waals surface area contributed by atoms with E-state index in [1.54, 1.807) is 0 Å². The molecule has 34 heavy (non-hydrogen) atoms. The molecule has 3 amide bonds. The summed E-state index contributed by atoms with van der Waals surface area (Å²) in [5.41, 5.74) is 3.89. The van der Waals surface area contributed by atoms with E-state index < -0.39 is 0 Å². The molecule has 2 aromatic rings. The summed E-state index contributed by atoms with van der Waals surface area (Å²) in [5.74, 6) is 0.172. The molecule has 1 saturated heterocycles. The second kappa shape index (κ2) is 11.4. The number of nitrogens with zero attached hydrogens (tertiary/aromatic N) is 3. The van der Waals surface area contributed by atoms with Crippen LogP contribution in [0.4, 0.5) is 4.79 Å². The number of fused-ring (bicyclic) bond motifs is 1. The predicted molar refractivity (Wildman–Crippen MR) is 138 cm³/mol. The zero-order chi connectivity index (χ0) is 24.1. The van der Waals surface area contributed by atoms with Gasteiger partial charge in [0.2, 0.25) is 5.91 Å². The fourth-order valence-electron chi connectivity index (χ4n) is 5.22. The van der Waals surface area contributed by atoms with Gasteiger partial charge < -0.3 is 15.1 Å². The Hall–Kier alpha value is -2.38. The molecule has 0 aliphatic carbocycles. The molecule has 1 N–H and O–H groups in total. The first kappa shape index (κ1) is 24.7. The van der Waals surface area contributed by atoms with Crippen molar-refractivity contribution in [2.75, 3.05) is 39.3 Å². The first-order chi connectivity index (χ1) is 16.5. The summed E-state index contributed by atoms with van der Waals surface area (Å²) < 4.78 is 0. The van der Waals surface area contributed by atoms with Gasteiger partial charge in [0.15, 0.2) is 0 Å². The molecule has 0 bridgehead atoms. The van der Waals surface area contributed by atoms with Crippen molar-refractivity contribution in [3.63, 3.8) is 0 Å². The van der Waals surface area contributed by atoms with Crippen LogP contribution in [-0.4, -0.2) is 71.9 Å². The van der Waals surface area contributed by atoms with Gasteiger partial charge >= 0.3 is 6.03 Å². The largest absolute Gasteiger partial charge is 0.340 e. The van der Waals surface area contributed by atoms with Crippen molar-refractivity contribution < 1.29 is 9.59 Å². The number of aryl methyl sites for hydroxylation is 1. The van der Waals surface area contributed by atoms with Gasteiger partial charge in [-0.25, -0.2) is 4.79 Å². The molecule has 7 heteroatoms. The molecule has 1 fully saturated rings. The quantitative estimate of drug-likeness (QED) is 0.620. The van der Waals surface area contributed by atoms with Crippen molar-refractivity contribution in [2.45, 2.75) is 58.5 Å². The standard InChI is InChI=1S/C27H38N4O2S/c1-4-5-13-28-27(33)30-15-8-14-29(17-18-30)26(32)21(3)31-16-11-24-23(12-19-34-24)25(31)22-10-7-6-9-20(22)2/h6-7,9-10,12,19,21,25H,4-5,8,11,13-18H2,1-3H3,(H,28,33). The van der Waals surface area contributed by atoms with E-state index in [-0.39, 0.29) is 24.0 Å². The summed E-state index contributed by atoms with van der Waals surface area (Å²) in [6.07, 6.45) is 3.85. The van der Waals surface area contributed by atoms with E-state index in [0.717, 1.165) is 32.2 Å². The third-order valence-electron chi connectivity index (χ3n) is 7.24. The third kappa shape index (κ3) is 5.31. The van der Waals surface area contributed by atoms with E-state index in [9.17, 15) is 9.59 Å². The Kier molecular flexibility index (Phi) is 8.27. The molecule has 184 valence electrons. The van der Waals surface area contributed by atoms with Gasteiger partial charge in [-0.2, -0.15) is 0 Å². The normalized spacial score (nSPS) is 19.9. The number of thiophene rings is 1. The summed E-state index contributed by atoms with van der Waals surface area (Å²) in [4.78, 5) is 33.9. The lowest BCUT2D eigenvalue weighted by molar-refractivity contribution is -0.137. The molecule has 2 unspecified atom stereocenters. The Balaban J connectivity index is 1.47. The van der Waals surface area contributed by atoms with Crippen molar-refractivity contribution in [1.29, 1.82) is 0 Å². The lowest BCUT2D eigenvalue weighted by atomic mass is 9.89. The minimum absolute atomic E-state index is 0.00330. The fraction of sp³-hybridized carbons (Fsp3) is 0.556. The number of nitrogens with one attached hydrogen (secondary N) is 1. The Morgan fingerprint density at radius 3 is 2.62 bits per heavy atom. The number of hydrogen-bond donors (Lipinski definition) is 1. The first-order valence-electron chi connectivity index (χ1n) is 12.7. The van der Waals surface area contributed by atoms with Crippen molar-refractivity contribution >= 4 is 23.3 Å². The van der Waals surface area contributed by atoms with Crippen LogP contribution in [0.3, 0.4) is 0 Å². The third-order valence-corrected chi connectivity index (χ3v) is 8.24. The van der Waals surface area contributed by atoms with Gasteiger partial charge in [-0.15, -0.1) is 11.3 Å². The van der Waals surface area contributed by atoms with Gasteiger partial charge in [-0.05, 0) is 61.2 Å². The zero-order valence-electron chi connectivity index (χ0n) is 20.8. The maximum atomic E-state index is 13.7. The number of rotatable bonds is 6. The number of unbranched alkanes of at least 4 members (excludes halogenated alkanes) is 1. The fourth-order valence-corrected chi connectivity index (χ4v) is 6.13. The summed E-state index contributed by atoms with van der Waals surface area (Å²) in [6.45, 7) is 10.5. The van der Waals surface area contributed by atoms with Gasteiger partial charge in [0, 0.05) is 44.1 Å². The van der Waals surface area contributed by atoms with Crippen LogP contribution in [0, 0.1) is 6.92 Å². The van der Waals surface area contributed by atoms with E-state index in [0.29, 0.717) is 32.7 Å². The molecule has 1 aromatic heterocycles. The topological polar surface area (TPSA) is 55.9 Å². The molecule has 2 aliphatic rings. The molecule has 6 nitrogen and oxygen atoms in total. The first-order valence-corrected chi connectivity index (χ1v) is 13.6. The number of carbonyl (C=O) groups excluding carboxylic acids is 2. The van der Waals surface area contributed by atoms with E-state index in [2.05, 4.69) is 66.7 Å². The van der Waals surface area contributed by atoms with E-state index >= 15 is 0 Å². The van der Waals surface area contributed by atoms with Crippen molar-refractivity contribution in [3.05, 3.63) is 57.3 Å². The Morgan fingerprint density at radius 1 is 1.06 bits per heavy atom. The van der Waals surface area contributed by atoms with Gasteiger partial charge in [-0.1, -0.05) is 37.6 Å². The average Bonchev–Trinajstić information content (AvgIpc) is 3.19. The van der Waals surface area contributed by atoms with Gasteiger partial charge in [0.1, 0.15) is 0 Å². The van der Waals surface area contributed by atoms with E-state index in [4.69, 9.17) is 0 Å². The SMILES string of the molecule is CCCCNC(=O)N1CCCN(C(=O)C(C)N2CCc3sccc3C2c2ccccc2C)CC1. The summed E-state index contributed by atoms with van der Waals surface area (Å²) >= 11 is 1.83. The van der Waals surface area contributed by atoms with E-state index in [1.807, 2.05) is 21.1 Å². The number of urea groups is 1. The highest BCUT2D eigenvalue weighted by Crippen LogP contribution is 2.40. The minimum Gasteiger partial charge on any atom is -0.340 e. The number of amides is 3. The zero-order valence-corrected chi connectivity index (χ0v) is 21.6. The number of carbonyl (C=O) groups is 2. The molecule has 4 rings (SSSR count). The van der Waals surface area contributed by atoms with Crippen LogP contribution in [0.1, 0.15) is 60.7 Å². The Bertz CT molecular complexity index is 991. The molecule has 0 radical (unpaired) electrons. The monoisotopic (exact) mass is 482 g/mol. The molecule has 0 saturated carbocycles. The molecule has 2 atom stereocenters. The Morgan fingerprint density at radius 2 is 1.82 bits per heavy atom. The Labute approximate surface area is 207 Å². The molecule has 1 aromatic carbocycles. The lowest BCUT2D eigenvalue weighted by Crippen LogP contribution is -2.51. The van der Waals surface area contributed by atoms with Crippen molar-refractivity contribution in [3.8, 4) is 0 Å². The van der Waals surface area contributed by atoms with Gasteiger partial charge in [-0.3, -0.25) is 9.69 Å². The second-order valence-electron chi connectivity index (χ2n) is 9.47. The molecule has 2 aliphatic heterocycles. The average molecular weight is 483 g/mol. The molecular weight excluding hydrogens is 444 g/mol. The van der Waals surface area contributed by atoms with Crippen LogP contribution >= 0.6 is 11.3 Å². The van der Waals surface area contributed by atoms with Crippen LogP contribution in [0.5, 0.6) is 0 Å². The van der Waals surface area contributed by atoms with Crippen molar-refractivity contribution in [1.82, 2.24) is 20.0 Å². The highest BCUT2D eigenvalue weighted by molar-refractivity contribution is 7.10. The van der Waals surface area contributed by atoms with Crippen LogP contribution < -0.4 is 5.32 Å². The summed E-state index contributed by atoms with van der Waals surface area (Å²) in [6, 6.07) is 10.7. The molecular formula is C27H38N4O2S. The number of benzene rings is 1. The van der Waals surface area contributed by atoms with Crippen LogP contribution in [0.25, 0.3) is 0 Å². The smallest absolute Gasteiger partial charge is 0.317 e.